The van der Waals surface area contributed by atoms with Crippen molar-refractivity contribution in [3.8, 4) is 6.07 Å². The molecule has 90 valence electrons. The zero-order valence-corrected chi connectivity index (χ0v) is 10.2. The number of hydrogen-bond donors (Lipinski definition) is 1. The third kappa shape index (κ3) is 1.56. The van der Waals surface area contributed by atoms with E-state index in [1.165, 1.54) is 0 Å². The molecular weight excluding hydrogens is 202 g/mol. The Labute approximate surface area is 97.4 Å². The van der Waals surface area contributed by atoms with Crippen molar-refractivity contribution in [1.29, 1.82) is 5.26 Å². The highest BCUT2D eigenvalue weighted by molar-refractivity contribution is 5.16. The molecule has 2 fully saturated rings. The third-order valence-electron chi connectivity index (χ3n) is 4.63. The van der Waals surface area contributed by atoms with E-state index in [1.54, 1.807) is 0 Å². The number of rotatable bonds is 1. The molecule has 0 bridgehead atoms. The lowest BCUT2D eigenvalue weighted by Crippen LogP contribution is -2.55. The Hall–Kier alpha value is -0.590. The molecule has 0 aromatic rings. The Morgan fingerprint density at radius 3 is 2.69 bits per heavy atom. The monoisotopic (exact) mass is 223 g/mol. The largest absolute Gasteiger partial charge is 0.388 e. The zero-order valence-electron chi connectivity index (χ0n) is 10.2. The van der Waals surface area contributed by atoms with Crippen LogP contribution in [0.1, 0.15) is 39.5 Å². The topological polar surface area (TPSA) is 53.2 Å². The van der Waals surface area contributed by atoms with Crippen LogP contribution in [0.4, 0.5) is 0 Å². The lowest BCUT2D eigenvalue weighted by Gasteiger charge is -2.48. The summed E-state index contributed by atoms with van der Waals surface area (Å²) in [6.45, 7) is 5.25. The molecule has 1 saturated carbocycles. The van der Waals surface area contributed by atoms with Crippen LogP contribution >= 0.6 is 0 Å². The van der Waals surface area contributed by atoms with Crippen molar-refractivity contribution in [1.82, 2.24) is 0 Å². The molecule has 2 rings (SSSR count). The molecule has 0 radical (unpaired) electrons. The average Bonchev–Trinajstić information content (AvgIpc) is 2.74. The fourth-order valence-corrected chi connectivity index (χ4v) is 3.37. The first kappa shape index (κ1) is 11.9. The van der Waals surface area contributed by atoms with Crippen molar-refractivity contribution >= 4 is 0 Å². The maximum absolute atomic E-state index is 11.0. The second-order valence-electron chi connectivity index (χ2n) is 5.71. The highest BCUT2D eigenvalue weighted by Crippen LogP contribution is 2.51. The molecular formula is C13H21NO2. The molecule has 0 aromatic heterocycles. The summed E-state index contributed by atoms with van der Waals surface area (Å²) in [7, 11) is 0. The molecule has 1 saturated heterocycles. The van der Waals surface area contributed by atoms with E-state index in [9.17, 15) is 10.4 Å². The van der Waals surface area contributed by atoms with Crippen LogP contribution < -0.4 is 0 Å². The molecule has 3 nitrogen and oxygen atoms in total. The third-order valence-corrected chi connectivity index (χ3v) is 4.63. The van der Waals surface area contributed by atoms with Crippen LogP contribution in [0.2, 0.25) is 0 Å². The molecule has 2 aliphatic rings. The lowest BCUT2D eigenvalue weighted by atomic mass is 9.59. The van der Waals surface area contributed by atoms with E-state index < -0.39 is 11.0 Å². The average molecular weight is 223 g/mol. The van der Waals surface area contributed by atoms with Gasteiger partial charge in [-0.25, -0.2) is 0 Å². The molecule has 0 aromatic carbocycles. The predicted molar refractivity (Wildman–Crippen MR) is 60.6 cm³/mol. The van der Waals surface area contributed by atoms with Crippen LogP contribution in [0.15, 0.2) is 0 Å². The first-order chi connectivity index (χ1) is 7.54. The lowest BCUT2D eigenvalue weighted by molar-refractivity contribution is -0.130. The molecule has 4 unspecified atom stereocenters. The molecule has 1 aliphatic heterocycles. The number of nitriles is 1. The van der Waals surface area contributed by atoms with E-state index in [4.69, 9.17) is 4.74 Å². The summed E-state index contributed by atoms with van der Waals surface area (Å²) >= 11 is 0. The maximum Gasteiger partial charge on any atom is 0.112 e. The van der Waals surface area contributed by atoms with Gasteiger partial charge in [-0.05, 0) is 31.1 Å². The van der Waals surface area contributed by atoms with E-state index in [0.717, 1.165) is 19.3 Å². The molecule has 16 heavy (non-hydrogen) atoms. The molecule has 4 atom stereocenters. The summed E-state index contributed by atoms with van der Waals surface area (Å²) in [5.41, 5.74) is -1.52. The SMILES string of the molecule is CC1CCC(C)C(O)(C2(C#N)CCOC2)C1. The fourth-order valence-electron chi connectivity index (χ4n) is 3.37. The number of hydrogen-bond acceptors (Lipinski definition) is 3. The minimum atomic E-state index is -0.851. The first-order valence-electron chi connectivity index (χ1n) is 6.25. The summed E-state index contributed by atoms with van der Waals surface area (Å²) in [6, 6.07) is 2.36. The van der Waals surface area contributed by atoms with Gasteiger partial charge in [0.05, 0.1) is 18.3 Å². The van der Waals surface area contributed by atoms with Crippen molar-refractivity contribution in [2.24, 2.45) is 17.3 Å². The summed E-state index contributed by atoms with van der Waals surface area (Å²) in [5.74, 6) is 0.706. The van der Waals surface area contributed by atoms with Gasteiger partial charge in [-0.3, -0.25) is 0 Å². The van der Waals surface area contributed by atoms with Gasteiger partial charge >= 0.3 is 0 Å². The smallest absolute Gasteiger partial charge is 0.112 e. The van der Waals surface area contributed by atoms with Gasteiger partial charge in [0, 0.05) is 6.61 Å². The van der Waals surface area contributed by atoms with Gasteiger partial charge in [-0.15, -0.1) is 0 Å². The Kier molecular flexibility index (Phi) is 2.98. The second kappa shape index (κ2) is 4.01. The normalized spacial score (nSPS) is 48.9. The molecule has 1 heterocycles. The Morgan fingerprint density at radius 1 is 1.38 bits per heavy atom. The summed E-state index contributed by atoms with van der Waals surface area (Å²) in [6.07, 6.45) is 3.59. The number of nitrogens with zero attached hydrogens (tertiary/aromatic N) is 1. The Balaban J connectivity index is 2.31. The van der Waals surface area contributed by atoms with Crippen LogP contribution in [0, 0.1) is 28.6 Å². The number of aliphatic hydroxyl groups is 1. The summed E-state index contributed by atoms with van der Waals surface area (Å²) in [4.78, 5) is 0. The van der Waals surface area contributed by atoms with Gasteiger partial charge in [0.15, 0.2) is 0 Å². The maximum atomic E-state index is 11.0. The van der Waals surface area contributed by atoms with Crippen LogP contribution in [-0.2, 0) is 4.74 Å². The molecule has 0 amide bonds. The number of ether oxygens (including phenoxy) is 1. The van der Waals surface area contributed by atoms with E-state index in [-0.39, 0.29) is 5.92 Å². The van der Waals surface area contributed by atoms with E-state index in [1.807, 2.05) is 0 Å². The van der Waals surface area contributed by atoms with Crippen molar-refractivity contribution in [3.63, 3.8) is 0 Å². The highest BCUT2D eigenvalue weighted by Gasteiger charge is 2.57. The predicted octanol–water partition coefficient (Wildman–Crippen LogP) is 2.10. The molecule has 1 aliphatic carbocycles. The highest BCUT2D eigenvalue weighted by atomic mass is 16.5. The van der Waals surface area contributed by atoms with Gasteiger partial charge in [0.1, 0.15) is 5.41 Å². The zero-order chi connectivity index (χ0) is 11.8. The van der Waals surface area contributed by atoms with Crippen molar-refractivity contribution in [3.05, 3.63) is 0 Å². The first-order valence-corrected chi connectivity index (χ1v) is 6.25. The van der Waals surface area contributed by atoms with E-state index in [2.05, 4.69) is 19.9 Å². The second-order valence-corrected chi connectivity index (χ2v) is 5.71. The van der Waals surface area contributed by atoms with Crippen molar-refractivity contribution in [2.45, 2.75) is 45.1 Å². The van der Waals surface area contributed by atoms with Crippen LogP contribution in [0.25, 0.3) is 0 Å². The molecule has 0 spiro atoms. The Bertz CT molecular complexity index is 304. The summed E-state index contributed by atoms with van der Waals surface area (Å²) < 4.78 is 5.37. The molecule has 3 heteroatoms. The minimum Gasteiger partial charge on any atom is -0.388 e. The van der Waals surface area contributed by atoms with Crippen LogP contribution in [0.5, 0.6) is 0 Å². The van der Waals surface area contributed by atoms with E-state index in [0.29, 0.717) is 25.6 Å². The van der Waals surface area contributed by atoms with Crippen molar-refractivity contribution < 1.29 is 9.84 Å². The van der Waals surface area contributed by atoms with Gasteiger partial charge in [0.2, 0.25) is 0 Å². The van der Waals surface area contributed by atoms with Gasteiger partial charge < -0.3 is 9.84 Å². The summed E-state index contributed by atoms with van der Waals surface area (Å²) in [5, 5.41) is 20.4. The van der Waals surface area contributed by atoms with Gasteiger partial charge in [-0.1, -0.05) is 20.3 Å². The quantitative estimate of drug-likeness (QED) is 0.740. The molecule has 1 N–H and O–H groups in total. The van der Waals surface area contributed by atoms with Crippen LogP contribution in [-0.4, -0.2) is 23.9 Å². The van der Waals surface area contributed by atoms with Crippen molar-refractivity contribution in [2.75, 3.05) is 13.2 Å². The van der Waals surface area contributed by atoms with Gasteiger partial charge in [0.25, 0.3) is 0 Å². The standard InChI is InChI=1S/C13H21NO2/c1-10-3-4-11(2)13(15,7-10)12(8-14)5-6-16-9-12/h10-11,15H,3-7,9H2,1-2H3. The van der Waals surface area contributed by atoms with Crippen LogP contribution in [0.3, 0.4) is 0 Å². The minimum absolute atomic E-state index is 0.199. The van der Waals surface area contributed by atoms with Gasteiger partial charge in [-0.2, -0.15) is 5.26 Å². The van der Waals surface area contributed by atoms with E-state index >= 15 is 0 Å². The Morgan fingerprint density at radius 2 is 2.12 bits per heavy atom. The fraction of sp³-hybridized carbons (Fsp3) is 0.923.